The van der Waals surface area contributed by atoms with Crippen molar-refractivity contribution in [2.75, 3.05) is 13.2 Å². The van der Waals surface area contributed by atoms with Gasteiger partial charge < -0.3 is 19.9 Å². The Morgan fingerprint density at radius 3 is 2.14 bits per heavy atom. The van der Waals surface area contributed by atoms with Crippen LogP contribution < -0.4 is 5.32 Å². The number of benzene rings is 2. The predicted octanol–water partition coefficient (Wildman–Crippen LogP) is 3.79. The Balaban J connectivity index is 1.64. The molecule has 0 saturated carbocycles. The third-order valence-electron chi connectivity index (χ3n) is 4.72. The molecule has 0 saturated heterocycles. The first-order valence-corrected chi connectivity index (χ1v) is 9.40. The first-order chi connectivity index (χ1) is 13.5. The number of hydrogen-bond donors (Lipinski definition) is 2. The van der Waals surface area contributed by atoms with Crippen molar-refractivity contribution in [3.63, 3.8) is 0 Å². The van der Waals surface area contributed by atoms with E-state index in [9.17, 15) is 9.59 Å². The van der Waals surface area contributed by atoms with Gasteiger partial charge in [0.2, 0.25) is 0 Å². The van der Waals surface area contributed by atoms with Crippen LogP contribution in [0.1, 0.15) is 37.3 Å². The summed E-state index contributed by atoms with van der Waals surface area (Å²) in [5.74, 6) is -1.04. The van der Waals surface area contributed by atoms with Gasteiger partial charge in [-0.3, -0.25) is 4.79 Å². The minimum atomic E-state index is -1.00. The number of carbonyl (C=O) groups is 2. The minimum absolute atomic E-state index is 0.0389. The number of amides is 1. The lowest BCUT2D eigenvalue weighted by Gasteiger charge is -2.20. The SMILES string of the molecule is CC(C)OCC(CC(=O)O)NC(=O)OCC1c2ccccc2-c2ccccc21. The Labute approximate surface area is 164 Å². The monoisotopic (exact) mass is 383 g/mol. The van der Waals surface area contributed by atoms with Crippen LogP contribution >= 0.6 is 0 Å². The van der Waals surface area contributed by atoms with Gasteiger partial charge in [0.25, 0.3) is 0 Å². The van der Waals surface area contributed by atoms with Crippen molar-refractivity contribution in [1.29, 1.82) is 0 Å². The molecule has 2 aromatic carbocycles. The highest BCUT2D eigenvalue weighted by Gasteiger charge is 2.29. The van der Waals surface area contributed by atoms with Gasteiger partial charge in [0.05, 0.1) is 25.2 Å². The molecule has 0 radical (unpaired) electrons. The summed E-state index contributed by atoms with van der Waals surface area (Å²) in [6, 6.07) is 15.5. The fraction of sp³-hybridized carbons (Fsp3) is 0.364. The highest BCUT2D eigenvalue weighted by molar-refractivity contribution is 5.79. The van der Waals surface area contributed by atoms with Gasteiger partial charge in [0.1, 0.15) is 6.61 Å². The van der Waals surface area contributed by atoms with E-state index in [-0.39, 0.29) is 31.7 Å². The van der Waals surface area contributed by atoms with E-state index in [0.29, 0.717) is 0 Å². The number of nitrogens with one attached hydrogen (secondary N) is 1. The van der Waals surface area contributed by atoms with E-state index in [1.54, 1.807) is 0 Å². The highest BCUT2D eigenvalue weighted by atomic mass is 16.5. The molecule has 0 heterocycles. The summed E-state index contributed by atoms with van der Waals surface area (Å²) in [5, 5.41) is 11.6. The van der Waals surface area contributed by atoms with Crippen molar-refractivity contribution in [2.24, 2.45) is 0 Å². The highest BCUT2D eigenvalue weighted by Crippen LogP contribution is 2.44. The molecule has 2 N–H and O–H groups in total. The number of aliphatic carboxylic acids is 1. The number of carboxylic acid groups (broad SMARTS) is 1. The second-order valence-corrected chi connectivity index (χ2v) is 7.15. The molecule has 1 aliphatic carbocycles. The van der Waals surface area contributed by atoms with E-state index in [2.05, 4.69) is 17.4 Å². The summed E-state index contributed by atoms with van der Waals surface area (Å²) < 4.78 is 10.9. The molecule has 1 amide bonds. The number of carbonyl (C=O) groups excluding carboxylic acids is 1. The maximum absolute atomic E-state index is 12.3. The second-order valence-electron chi connectivity index (χ2n) is 7.15. The average molecular weight is 383 g/mol. The zero-order chi connectivity index (χ0) is 20.1. The summed E-state index contributed by atoms with van der Waals surface area (Å²) in [7, 11) is 0. The Morgan fingerprint density at radius 2 is 1.61 bits per heavy atom. The zero-order valence-electron chi connectivity index (χ0n) is 16.1. The molecule has 148 valence electrons. The third kappa shape index (κ3) is 4.70. The molecular formula is C22H25NO5. The first-order valence-electron chi connectivity index (χ1n) is 9.40. The van der Waals surface area contributed by atoms with E-state index >= 15 is 0 Å². The van der Waals surface area contributed by atoms with Crippen molar-refractivity contribution in [1.82, 2.24) is 5.32 Å². The topological polar surface area (TPSA) is 84.9 Å². The Morgan fingerprint density at radius 1 is 1.04 bits per heavy atom. The van der Waals surface area contributed by atoms with E-state index in [1.807, 2.05) is 50.2 Å². The molecule has 0 spiro atoms. The van der Waals surface area contributed by atoms with Crippen LogP contribution in [0.15, 0.2) is 48.5 Å². The summed E-state index contributed by atoms with van der Waals surface area (Å²) in [6.07, 6.45) is -0.919. The maximum Gasteiger partial charge on any atom is 0.407 e. The summed E-state index contributed by atoms with van der Waals surface area (Å²) in [5.41, 5.74) is 4.56. The molecule has 28 heavy (non-hydrogen) atoms. The van der Waals surface area contributed by atoms with Gasteiger partial charge >= 0.3 is 12.1 Å². The van der Waals surface area contributed by atoms with Crippen molar-refractivity contribution in [2.45, 2.75) is 38.3 Å². The molecule has 1 unspecified atom stereocenters. The zero-order valence-corrected chi connectivity index (χ0v) is 16.1. The molecule has 2 aromatic rings. The summed E-state index contributed by atoms with van der Waals surface area (Å²) in [6.45, 7) is 4.01. The van der Waals surface area contributed by atoms with Crippen LogP contribution in [0.4, 0.5) is 4.79 Å². The second kappa shape index (κ2) is 8.89. The van der Waals surface area contributed by atoms with Gasteiger partial charge in [-0.15, -0.1) is 0 Å². The van der Waals surface area contributed by atoms with Crippen LogP contribution in [0.2, 0.25) is 0 Å². The van der Waals surface area contributed by atoms with Crippen LogP contribution in [-0.4, -0.2) is 42.5 Å². The number of ether oxygens (including phenoxy) is 2. The summed E-state index contributed by atoms with van der Waals surface area (Å²) >= 11 is 0. The van der Waals surface area contributed by atoms with Crippen LogP contribution in [0.5, 0.6) is 0 Å². The van der Waals surface area contributed by atoms with Crippen LogP contribution in [0.25, 0.3) is 11.1 Å². The van der Waals surface area contributed by atoms with Gasteiger partial charge in [0, 0.05) is 5.92 Å². The van der Waals surface area contributed by atoms with Gasteiger partial charge in [-0.2, -0.15) is 0 Å². The van der Waals surface area contributed by atoms with Crippen molar-refractivity contribution < 1.29 is 24.2 Å². The van der Waals surface area contributed by atoms with Crippen molar-refractivity contribution in [3.8, 4) is 11.1 Å². The van der Waals surface area contributed by atoms with E-state index in [1.165, 1.54) is 0 Å². The average Bonchev–Trinajstić information content (AvgIpc) is 2.98. The number of fused-ring (bicyclic) bond motifs is 3. The van der Waals surface area contributed by atoms with Crippen LogP contribution in [0, 0.1) is 0 Å². The van der Waals surface area contributed by atoms with Gasteiger partial charge in [-0.05, 0) is 36.1 Å². The molecule has 1 atom stereocenters. The van der Waals surface area contributed by atoms with E-state index in [0.717, 1.165) is 22.3 Å². The number of rotatable bonds is 8. The minimum Gasteiger partial charge on any atom is -0.481 e. The molecule has 0 bridgehead atoms. The quantitative estimate of drug-likeness (QED) is 0.724. The summed E-state index contributed by atoms with van der Waals surface area (Å²) in [4.78, 5) is 23.3. The first kappa shape index (κ1) is 19.9. The lowest BCUT2D eigenvalue weighted by atomic mass is 9.98. The smallest absolute Gasteiger partial charge is 0.407 e. The predicted molar refractivity (Wildman–Crippen MR) is 105 cm³/mol. The van der Waals surface area contributed by atoms with Crippen molar-refractivity contribution in [3.05, 3.63) is 59.7 Å². The molecule has 0 fully saturated rings. The van der Waals surface area contributed by atoms with Crippen LogP contribution in [0.3, 0.4) is 0 Å². The lowest BCUT2D eigenvalue weighted by Crippen LogP contribution is -2.41. The van der Waals surface area contributed by atoms with Gasteiger partial charge in [-0.1, -0.05) is 48.5 Å². The molecule has 6 heteroatoms. The standard InChI is InChI=1S/C22H25NO5/c1-14(2)27-12-15(11-21(24)25)23-22(26)28-13-20-18-9-5-3-7-16(18)17-8-4-6-10-19(17)20/h3-10,14-15,20H,11-13H2,1-2H3,(H,23,26)(H,24,25). The Bertz CT molecular complexity index is 803. The fourth-order valence-corrected chi connectivity index (χ4v) is 3.48. The molecule has 0 aromatic heterocycles. The molecule has 3 rings (SSSR count). The number of hydrogen-bond acceptors (Lipinski definition) is 4. The van der Waals surface area contributed by atoms with Crippen LogP contribution in [-0.2, 0) is 14.3 Å². The lowest BCUT2D eigenvalue weighted by molar-refractivity contribution is -0.138. The molecular weight excluding hydrogens is 358 g/mol. The van der Waals surface area contributed by atoms with Gasteiger partial charge in [0.15, 0.2) is 0 Å². The molecule has 6 nitrogen and oxygen atoms in total. The van der Waals surface area contributed by atoms with E-state index < -0.39 is 18.1 Å². The Hall–Kier alpha value is -2.86. The number of alkyl carbamates (subject to hydrolysis) is 1. The molecule has 0 aliphatic heterocycles. The largest absolute Gasteiger partial charge is 0.481 e. The molecule has 1 aliphatic rings. The van der Waals surface area contributed by atoms with Crippen molar-refractivity contribution >= 4 is 12.1 Å². The maximum atomic E-state index is 12.3. The fourth-order valence-electron chi connectivity index (χ4n) is 3.48. The van der Waals surface area contributed by atoms with E-state index in [4.69, 9.17) is 14.6 Å². The normalized spacial score (nSPS) is 13.7. The Kier molecular flexibility index (Phi) is 6.31. The number of carboxylic acids is 1. The third-order valence-corrected chi connectivity index (χ3v) is 4.72. The van der Waals surface area contributed by atoms with Gasteiger partial charge in [-0.25, -0.2) is 4.79 Å².